The Morgan fingerprint density at radius 1 is 0.507 bits per heavy atom. The number of nitrogens with zero attached hydrogens (tertiary/aromatic N) is 3. The van der Waals surface area contributed by atoms with Gasteiger partial charge in [-0.15, -0.1) is 107 Å². The van der Waals surface area contributed by atoms with Crippen molar-refractivity contribution in [2.24, 2.45) is 5.41 Å². The standard InChI is InChI=1S/C65H66N3.Ir/c1-63(2,3)40-47-18-16-27-55(37-47)62-39-59(54-26-17-25-53(38-54)50-19-14-15-20-50)56(43-66-62)29-28-46-34-48(41-64(4,5)57-30-32-60(67-44-57)51-21-10-8-11-22-51)36-49(35-46)42-65(6,7)58-31-33-61(68-45-58)52-23-12-9-13-24-52;/h8-13,16-18,21,23,25-26,30-39,43-45,50H,14-15,19-20,28-29,40-42H2,1-7H3;/q-3;+3/i28D2,29D2;. The molecule has 8 aromatic rings. The van der Waals surface area contributed by atoms with Gasteiger partial charge in [0.1, 0.15) is 0 Å². The van der Waals surface area contributed by atoms with Crippen LogP contribution in [0.5, 0.6) is 0 Å². The van der Waals surface area contributed by atoms with Gasteiger partial charge in [-0.2, -0.15) is 0 Å². The molecule has 0 atom stereocenters. The molecular weight excluding hydrogens is 1010 g/mol. The molecule has 1 aliphatic carbocycles. The summed E-state index contributed by atoms with van der Waals surface area (Å²) in [5.41, 5.74) is 12.7. The molecule has 0 saturated heterocycles. The van der Waals surface area contributed by atoms with E-state index >= 15 is 0 Å². The van der Waals surface area contributed by atoms with Crippen LogP contribution < -0.4 is 0 Å². The molecule has 4 heteroatoms. The maximum absolute atomic E-state index is 10.1. The van der Waals surface area contributed by atoms with E-state index in [-0.39, 0.29) is 36.6 Å². The van der Waals surface area contributed by atoms with Gasteiger partial charge in [-0.1, -0.05) is 134 Å². The second kappa shape index (κ2) is 21.5. The second-order valence-electron chi connectivity index (χ2n) is 21.4. The van der Waals surface area contributed by atoms with Crippen molar-refractivity contribution < 1.29 is 25.6 Å². The molecule has 0 radical (unpaired) electrons. The third-order valence-electron chi connectivity index (χ3n) is 13.6. The Kier molecular flexibility index (Phi) is 13.8. The van der Waals surface area contributed by atoms with Crippen molar-refractivity contribution in [1.29, 1.82) is 0 Å². The van der Waals surface area contributed by atoms with Crippen LogP contribution in [0.3, 0.4) is 0 Å². The van der Waals surface area contributed by atoms with Gasteiger partial charge in [-0.25, -0.2) is 0 Å². The number of rotatable bonds is 15. The molecule has 3 nitrogen and oxygen atoms in total. The summed E-state index contributed by atoms with van der Waals surface area (Å²) < 4.78 is 40.4. The van der Waals surface area contributed by atoms with E-state index in [1.165, 1.54) is 24.0 Å². The van der Waals surface area contributed by atoms with Crippen molar-refractivity contribution in [2.45, 2.75) is 123 Å². The van der Waals surface area contributed by atoms with Crippen molar-refractivity contribution in [2.75, 3.05) is 0 Å². The van der Waals surface area contributed by atoms with Crippen LogP contribution in [0.4, 0.5) is 0 Å². The summed E-state index contributed by atoms with van der Waals surface area (Å²) in [6, 6.07) is 56.6. The molecular formula is C65H66IrN3. The van der Waals surface area contributed by atoms with Gasteiger partial charge in [-0.3, -0.25) is 0 Å². The molecule has 3 aromatic heterocycles. The average Bonchev–Trinajstić information content (AvgIpc) is 3.92. The van der Waals surface area contributed by atoms with E-state index in [9.17, 15) is 5.48 Å². The van der Waals surface area contributed by atoms with Crippen molar-refractivity contribution in [3.63, 3.8) is 0 Å². The van der Waals surface area contributed by atoms with Crippen molar-refractivity contribution >= 4 is 0 Å². The van der Waals surface area contributed by atoms with Gasteiger partial charge in [0, 0.05) is 24.1 Å². The van der Waals surface area contributed by atoms with Gasteiger partial charge in [-0.05, 0) is 134 Å². The minimum Gasteiger partial charge on any atom is -0.304 e. The first-order chi connectivity index (χ1) is 34.3. The van der Waals surface area contributed by atoms with Crippen LogP contribution in [-0.2, 0) is 62.9 Å². The van der Waals surface area contributed by atoms with E-state index in [2.05, 4.69) is 115 Å². The van der Waals surface area contributed by atoms with Gasteiger partial charge < -0.3 is 15.0 Å². The molecule has 0 unspecified atom stereocenters. The zero-order valence-corrected chi connectivity index (χ0v) is 43.6. The van der Waals surface area contributed by atoms with E-state index in [0.29, 0.717) is 30.0 Å². The molecule has 5 aromatic carbocycles. The first-order valence-corrected chi connectivity index (χ1v) is 24.4. The third-order valence-corrected chi connectivity index (χ3v) is 13.6. The van der Waals surface area contributed by atoms with E-state index in [0.717, 1.165) is 75.2 Å². The van der Waals surface area contributed by atoms with Crippen molar-refractivity contribution in [3.05, 3.63) is 221 Å². The van der Waals surface area contributed by atoms with Crippen LogP contribution in [0, 0.1) is 23.6 Å². The molecule has 1 saturated carbocycles. The second-order valence-corrected chi connectivity index (χ2v) is 21.4. The Labute approximate surface area is 432 Å². The van der Waals surface area contributed by atoms with E-state index in [1.54, 1.807) is 6.20 Å². The molecule has 0 amide bonds. The minimum absolute atomic E-state index is 0. The Bertz CT molecular complexity index is 3020. The summed E-state index contributed by atoms with van der Waals surface area (Å²) in [5, 5.41) is 0. The maximum atomic E-state index is 10.1. The van der Waals surface area contributed by atoms with Crippen LogP contribution in [-0.4, -0.2) is 15.0 Å². The molecule has 9 rings (SSSR count). The van der Waals surface area contributed by atoms with Crippen LogP contribution >= 0.6 is 0 Å². The maximum Gasteiger partial charge on any atom is 3.00 e. The summed E-state index contributed by atoms with van der Waals surface area (Å²) in [6.07, 6.45) is 7.09. The quantitative estimate of drug-likeness (QED) is 0.0961. The summed E-state index contributed by atoms with van der Waals surface area (Å²) >= 11 is 0. The largest absolute Gasteiger partial charge is 3.00 e. The first kappa shape index (κ1) is 44.4. The number of aromatic nitrogens is 3. The monoisotopic (exact) mass is 1090 g/mol. The van der Waals surface area contributed by atoms with Gasteiger partial charge in [0.2, 0.25) is 0 Å². The number of benzene rings is 5. The number of pyridine rings is 3. The van der Waals surface area contributed by atoms with Gasteiger partial charge in [0.05, 0.1) is 0 Å². The Morgan fingerprint density at radius 2 is 1.09 bits per heavy atom. The molecule has 350 valence electrons. The first-order valence-electron chi connectivity index (χ1n) is 26.4. The molecule has 3 heterocycles. The minimum atomic E-state index is -2.53. The third kappa shape index (κ3) is 12.5. The van der Waals surface area contributed by atoms with Crippen LogP contribution in [0.1, 0.15) is 130 Å². The number of hydrogen-bond donors (Lipinski definition) is 0. The van der Waals surface area contributed by atoms with Crippen LogP contribution in [0.15, 0.2) is 158 Å². The zero-order valence-electron chi connectivity index (χ0n) is 45.2. The Morgan fingerprint density at radius 3 is 1.64 bits per heavy atom. The predicted molar refractivity (Wildman–Crippen MR) is 283 cm³/mol. The fraction of sp³-hybridized carbons (Fsp3) is 0.308. The molecule has 1 aliphatic rings. The van der Waals surface area contributed by atoms with Gasteiger partial charge in [0.15, 0.2) is 0 Å². The molecule has 0 spiro atoms. The Balaban J connectivity index is 0.00000711. The van der Waals surface area contributed by atoms with E-state index < -0.39 is 23.6 Å². The Hall–Kier alpha value is -5.80. The van der Waals surface area contributed by atoms with Crippen molar-refractivity contribution in [3.8, 4) is 44.9 Å². The average molecular weight is 1090 g/mol. The van der Waals surface area contributed by atoms with Gasteiger partial charge >= 0.3 is 20.1 Å². The van der Waals surface area contributed by atoms with E-state index in [1.807, 2.05) is 103 Å². The fourth-order valence-corrected chi connectivity index (χ4v) is 9.96. The number of hydrogen-bond acceptors (Lipinski definition) is 3. The molecule has 69 heavy (non-hydrogen) atoms. The normalized spacial score (nSPS) is 14.6. The van der Waals surface area contributed by atoms with Gasteiger partial charge in [0.25, 0.3) is 0 Å². The summed E-state index contributed by atoms with van der Waals surface area (Å²) in [7, 11) is 0. The summed E-state index contributed by atoms with van der Waals surface area (Å²) in [6.45, 7) is 15.4. The number of aryl methyl sites for hydroxylation is 2. The molecule has 1 fully saturated rings. The summed E-state index contributed by atoms with van der Waals surface area (Å²) in [4.78, 5) is 14.6. The SMILES string of the molecule is [2H]C([2H])(c1cc(CC(C)(C)c2ccc(-c3[c-]cccc3)nc2)cc(CC(C)(C)c2ccc(-c3[c-]cccc3)nc2)c1)C([2H])([2H])c1cnc(-c2[c-]ccc(CC(C)(C)C)c2)cc1-c1cccc(C2CCCC2)c1.[Ir+3]. The van der Waals surface area contributed by atoms with E-state index in [4.69, 9.17) is 15.0 Å². The van der Waals surface area contributed by atoms with Crippen LogP contribution in [0.25, 0.3) is 44.9 Å². The zero-order chi connectivity index (χ0) is 50.9. The molecule has 0 bridgehead atoms. The predicted octanol–water partition coefficient (Wildman–Crippen LogP) is 16.0. The fourth-order valence-electron chi connectivity index (χ4n) is 9.96. The topological polar surface area (TPSA) is 38.7 Å². The van der Waals surface area contributed by atoms with Crippen molar-refractivity contribution in [1.82, 2.24) is 15.0 Å². The summed E-state index contributed by atoms with van der Waals surface area (Å²) in [5.74, 6) is 0.446. The smallest absolute Gasteiger partial charge is 0.304 e. The molecule has 0 N–H and O–H groups in total. The van der Waals surface area contributed by atoms with Crippen LogP contribution in [0.2, 0.25) is 0 Å². The molecule has 0 aliphatic heterocycles.